The van der Waals surface area contributed by atoms with E-state index in [0.29, 0.717) is 22.1 Å². The number of halogens is 1. The van der Waals surface area contributed by atoms with E-state index in [2.05, 4.69) is 15.9 Å². The average molecular weight is 288 g/mol. The summed E-state index contributed by atoms with van der Waals surface area (Å²) in [6.07, 6.45) is -0.0526. The highest BCUT2D eigenvalue weighted by Gasteiger charge is 2.12. The average Bonchev–Trinajstić information content (AvgIpc) is 2.21. The second-order valence-electron chi connectivity index (χ2n) is 3.51. The smallest absolute Gasteiger partial charge is 0.339 e. The van der Waals surface area contributed by atoms with Crippen molar-refractivity contribution < 1.29 is 14.6 Å². The number of hydrogen-bond donors (Lipinski definition) is 2. The maximum absolute atomic E-state index is 11.6. The van der Waals surface area contributed by atoms with E-state index in [-0.39, 0.29) is 6.61 Å². The van der Waals surface area contributed by atoms with E-state index in [1.807, 2.05) is 0 Å². The molecule has 0 fully saturated rings. The fraction of sp³-hybridized carbons (Fsp3) is 0.364. The van der Waals surface area contributed by atoms with Gasteiger partial charge in [-0.1, -0.05) is 0 Å². The number of carbonyl (C=O) groups is 1. The van der Waals surface area contributed by atoms with E-state index in [0.717, 1.165) is 0 Å². The van der Waals surface area contributed by atoms with E-state index in [9.17, 15) is 4.79 Å². The van der Waals surface area contributed by atoms with E-state index in [1.54, 1.807) is 25.1 Å². The molecule has 0 bridgehead atoms. The van der Waals surface area contributed by atoms with Gasteiger partial charge in [0.15, 0.2) is 0 Å². The maximum atomic E-state index is 11.6. The van der Waals surface area contributed by atoms with E-state index in [4.69, 9.17) is 15.6 Å². The van der Waals surface area contributed by atoms with Crippen LogP contribution in [0.1, 0.15) is 23.7 Å². The Labute approximate surface area is 103 Å². The first-order valence-electron chi connectivity index (χ1n) is 4.91. The van der Waals surface area contributed by atoms with Gasteiger partial charge in [-0.3, -0.25) is 0 Å². The lowest BCUT2D eigenvalue weighted by molar-refractivity contribution is 0.0443. The quantitative estimate of drug-likeness (QED) is 0.656. The monoisotopic (exact) mass is 287 g/mol. The van der Waals surface area contributed by atoms with Crippen LogP contribution in [-0.2, 0) is 4.74 Å². The number of carbonyl (C=O) groups excluding carboxylic acids is 1. The van der Waals surface area contributed by atoms with Crippen LogP contribution in [0, 0.1) is 0 Å². The highest BCUT2D eigenvalue weighted by atomic mass is 79.9. The predicted octanol–water partition coefficient (Wildman–Crippen LogP) is 1.96. The lowest BCUT2D eigenvalue weighted by Crippen LogP contribution is -2.11. The highest BCUT2D eigenvalue weighted by Crippen LogP contribution is 2.20. The molecule has 1 atom stereocenters. The molecule has 0 saturated carbocycles. The third-order valence-electron chi connectivity index (χ3n) is 1.98. The fourth-order valence-electron chi connectivity index (χ4n) is 1.10. The molecular formula is C11H14BrNO3. The zero-order chi connectivity index (χ0) is 12.1. The number of rotatable bonds is 4. The molecule has 0 saturated heterocycles. The van der Waals surface area contributed by atoms with Gasteiger partial charge < -0.3 is 15.6 Å². The minimum Gasteiger partial charge on any atom is -0.462 e. The van der Waals surface area contributed by atoms with Gasteiger partial charge in [0.2, 0.25) is 0 Å². The SMILES string of the molecule is CC(O)CCOC(=O)c1cc(N)ccc1Br. The molecule has 1 aromatic carbocycles. The Morgan fingerprint density at radius 2 is 2.31 bits per heavy atom. The van der Waals surface area contributed by atoms with Gasteiger partial charge in [0, 0.05) is 16.6 Å². The molecule has 0 aliphatic carbocycles. The molecule has 16 heavy (non-hydrogen) atoms. The number of aliphatic hydroxyl groups excluding tert-OH is 1. The summed E-state index contributed by atoms with van der Waals surface area (Å²) >= 11 is 3.25. The summed E-state index contributed by atoms with van der Waals surface area (Å²) in [6, 6.07) is 4.94. The number of nitrogen functional groups attached to an aromatic ring is 1. The van der Waals surface area contributed by atoms with Gasteiger partial charge in [-0.25, -0.2) is 4.79 Å². The number of benzene rings is 1. The molecule has 0 spiro atoms. The molecule has 5 heteroatoms. The van der Waals surface area contributed by atoms with Crippen molar-refractivity contribution in [1.82, 2.24) is 0 Å². The number of nitrogens with two attached hydrogens (primary N) is 1. The first-order valence-corrected chi connectivity index (χ1v) is 5.70. The Bertz CT molecular complexity index is 379. The largest absolute Gasteiger partial charge is 0.462 e. The van der Waals surface area contributed by atoms with Crippen molar-refractivity contribution in [3.8, 4) is 0 Å². The molecule has 1 aromatic rings. The Morgan fingerprint density at radius 1 is 1.62 bits per heavy atom. The minimum absolute atomic E-state index is 0.192. The molecule has 1 rings (SSSR count). The zero-order valence-corrected chi connectivity index (χ0v) is 10.5. The summed E-state index contributed by atoms with van der Waals surface area (Å²) < 4.78 is 5.63. The van der Waals surface area contributed by atoms with E-state index < -0.39 is 12.1 Å². The van der Waals surface area contributed by atoms with Gasteiger partial charge in [0.25, 0.3) is 0 Å². The number of hydrogen-bond acceptors (Lipinski definition) is 4. The van der Waals surface area contributed by atoms with E-state index >= 15 is 0 Å². The summed E-state index contributed by atoms with van der Waals surface area (Å²) in [5.74, 6) is -0.445. The van der Waals surface area contributed by atoms with Crippen molar-refractivity contribution in [3.63, 3.8) is 0 Å². The van der Waals surface area contributed by atoms with Crippen molar-refractivity contribution >= 4 is 27.6 Å². The molecule has 0 amide bonds. The second kappa shape index (κ2) is 5.86. The molecular weight excluding hydrogens is 274 g/mol. The Hall–Kier alpha value is -1.07. The molecule has 0 radical (unpaired) electrons. The van der Waals surface area contributed by atoms with Crippen molar-refractivity contribution in [2.45, 2.75) is 19.4 Å². The maximum Gasteiger partial charge on any atom is 0.339 e. The molecule has 0 aromatic heterocycles. The standard InChI is InChI=1S/C11H14BrNO3/c1-7(14)4-5-16-11(15)9-6-8(13)2-3-10(9)12/h2-3,6-7,14H,4-5,13H2,1H3. The van der Waals surface area contributed by atoms with E-state index in [1.165, 1.54) is 0 Å². The second-order valence-corrected chi connectivity index (χ2v) is 4.37. The molecule has 3 N–H and O–H groups in total. The highest BCUT2D eigenvalue weighted by molar-refractivity contribution is 9.10. The predicted molar refractivity (Wildman–Crippen MR) is 65.1 cm³/mol. The molecule has 88 valence electrons. The Kier molecular flexibility index (Phi) is 4.76. The first-order chi connectivity index (χ1) is 7.50. The van der Waals surface area contributed by atoms with Gasteiger partial charge in [0.1, 0.15) is 0 Å². The van der Waals surface area contributed by atoms with Gasteiger partial charge in [0.05, 0.1) is 18.3 Å². The molecule has 0 aliphatic rings. The van der Waals surface area contributed by atoms with Gasteiger partial charge in [-0.05, 0) is 41.1 Å². The van der Waals surface area contributed by atoms with Crippen LogP contribution in [0.15, 0.2) is 22.7 Å². The molecule has 0 heterocycles. The molecule has 4 nitrogen and oxygen atoms in total. The van der Waals surface area contributed by atoms with Gasteiger partial charge in [-0.2, -0.15) is 0 Å². The lowest BCUT2D eigenvalue weighted by Gasteiger charge is -2.08. The van der Waals surface area contributed by atoms with Crippen LogP contribution >= 0.6 is 15.9 Å². The number of ether oxygens (including phenoxy) is 1. The van der Waals surface area contributed by atoms with Crippen LogP contribution in [0.25, 0.3) is 0 Å². The topological polar surface area (TPSA) is 72.5 Å². The van der Waals surface area contributed by atoms with Crippen molar-refractivity contribution in [3.05, 3.63) is 28.2 Å². The number of anilines is 1. The van der Waals surface area contributed by atoms with Crippen LogP contribution in [0.5, 0.6) is 0 Å². The molecule has 0 aliphatic heterocycles. The van der Waals surface area contributed by atoms with Crippen molar-refractivity contribution in [2.75, 3.05) is 12.3 Å². The van der Waals surface area contributed by atoms with Crippen molar-refractivity contribution in [2.24, 2.45) is 0 Å². The summed E-state index contributed by atoms with van der Waals surface area (Å²) in [7, 11) is 0. The molecule has 1 unspecified atom stereocenters. The third-order valence-corrected chi connectivity index (χ3v) is 2.67. The normalized spacial score (nSPS) is 12.2. The minimum atomic E-state index is -0.475. The first kappa shape index (κ1) is 13.0. The summed E-state index contributed by atoms with van der Waals surface area (Å²) in [5, 5.41) is 9.01. The van der Waals surface area contributed by atoms with Crippen LogP contribution in [0.4, 0.5) is 5.69 Å². The zero-order valence-electron chi connectivity index (χ0n) is 8.94. The fourth-order valence-corrected chi connectivity index (χ4v) is 1.51. The van der Waals surface area contributed by atoms with Gasteiger partial charge in [-0.15, -0.1) is 0 Å². The Morgan fingerprint density at radius 3 is 2.94 bits per heavy atom. The van der Waals surface area contributed by atoms with Crippen LogP contribution in [0.2, 0.25) is 0 Å². The van der Waals surface area contributed by atoms with Crippen LogP contribution < -0.4 is 5.73 Å². The van der Waals surface area contributed by atoms with Gasteiger partial charge >= 0.3 is 5.97 Å². The van der Waals surface area contributed by atoms with Crippen molar-refractivity contribution in [1.29, 1.82) is 0 Å². The van der Waals surface area contributed by atoms with Crippen LogP contribution in [-0.4, -0.2) is 23.8 Å². The summed E-state index contributed by atoms with van der Waals surface area (Å²) in [6.45, 7) is 1.84. The Balaban J connectivity index is 2.62. The van der Waals surface area contributed by atoms with Crippen LogP contribution in [0.3, 0.4) is 0 Å². The summed E-state index contributed by atoms with van der Waals surface area (Å²) in [5.41, 5.74) is 6.47. The number of esters is 1. The third kappa shape index (κ3) is 3.83. The summed E-state index contributed by atoms with van der Waals surface area (Å²) in [4.78, 5) is 11.6. The lowest BCUT2D eigenvalue weighted by atomic mass is 10.2. The number of aliphatic hydroxyl groups is 1.